The molecule has 2 heterocycles. The Bertz CT molecular complexity index is 1590. The monoisotopic (exact) mass is 589 g/mol. The van der Waals surface area contributed by atoms with Gasteiger partial charge < -0.3 is 9.84 Å². The number of halogens is 1. The van der Waals surface area contributed by atoms with Gasteiger partial charge in [0.05, 0.1) is 16.3 Å². The first-order valence-corrected chi connectivity index (χ1v) is 14.1. The number of carboxylic acid groups (broad SMARTS) is 1. The van der Waals surface area contributed by atoms with E-state index in [9.17, 15) is 9.59 Å². The highest BCUT2D eigenvalue weighted by Gasteiger charge is 2.32. The third-order valence-electron chi connectivity index (χ3n) is 6.18. The third-order valence-corrected chi connectivity index (χ3v) is 7.92. The van der Waals surface area contributed by atoms with Crippen molar-refractivity contribution >= 4 is 57.9 Å². The van der Waals surface area contributed by atoms with Crippen molar-refractivity contribution in [1.82, 2.24) is 14.7 Å². The predicted molar refractivity (Wildman–Crippen MR) is 162 cm³/mol. The van der Waals surface area contributed by atoms with Crippen molar-refractivity contribution in [2.24, 2.45) is 0 Å². The molecule has 0 spiro atoms. The van der Waals surface area contributed by atoms with Crippen LogP contribution in [0.25, 0.3) is 23.0 Å². The Morgan fingerprint density at radius 3 is 2.50 bits per heavy atom. The number of ether oxygens (including phenoxy) is 1. The molecule has 0 aliphatic carbocycles. The maximum atomic E-state index is 13.1. The Hall–Kier alpha value is -3.92. The molecule has 0 saturated carbocycles. The SMILES string of the molecule is O=C(O)CCCN1C(=O)/C(=C/c2cn(-c3ccccc3)nc2-c2ccc(OCc3ccccc3Cl)cc2)SC1=S. The number of thiocarbonyl (C=S) groups is 1. The fraction of sp³-hybridized carbons (Fsp3) is 0.133. The van der Waals surface area contributed by atoms with Crippen molar-refractivity contribution in [2.45, 2.75) is 19.4 Å². The lowest BCUT2D eigenvalue weighted by Crippen LogP contribution is -2.29. The van der Waals surface area contributed by atoms with Gasteiger partial charge in [-0.2, -0.15) is 5.10 Å². The summed E-state index contributed by atoms with van der Waals surface area (Å²) in [5.41, 5.74) is 4.07. The fourth-order valence-electron chi connectivity index (χ4n) is 4.14. The second-order valence-electron chi connectivity index (χ2n) is 8.95. The van der Waals surface area contributed by atoms with E-state index in [0.29, 0.717) is 38.7 Å². The molecule has 40 heavy (non-hydrogen) atoms. The summed E-state index contributed by atoms with van der Waals surface area (Å²) < 4.78 is 8.12. The number of hydrogen-bond acceptors (Lipinski definition) is 6. The molecule has 1 aliphatic heterocycles. The summed E-state index contributed by atoms with van der Waals surface area (Å²) in [4.78, 5) is 25.9. The summed E-state index contributed by atoms with van der Waals surface area (Å²) in [7, 11) is 0. The zero-order chi connectivity index (χ0) is 28.1. The first-order valence-electron chi connectivity index (χ1n) is 12.5. The highest BCUT2D eigenvalue weighted by molar-refractivity contribution is 8.26. The number of carbonyl (C=O) groups excluding carboxylic acids is 1. The molecule has 0 bridgehead atoms. The number of aliphatic carboxylic acids is 1. The van der Waals surface area contributed by atoms with Crippen LogP contribution in [0.2, 0.25) is 5.02 Å². The van der Waals surface area contributed by atoms with Crippen LogP contribution in [0.15, 0.2) is 90.0 Å². The molecule has 1 aromatic heterocycles. The van der Waals surface area contributed by atoms with Crippen molar-refractivity contribution < 1.29 is 19.4 Å². The molecular formula is C30H24ClN3O4S2. The van der Waals surface area contributed by atoms with Crippen LogP contribution in [-0.2, 0) is 16.2 Å². The molecule has 4 aromatic rings. The Balaban J connectivity index is 1.41. The number of aromatic nitrogens is 2. The van der Waals surface area contributed by atoms with Crippen LogP contribution in [0.4, 0.5) is 0 Å². The van der Waals surface area contributed by atoms with Crippen LogP contribution in [0.5, 0.6) is 5.75 Å². The molecular weight excluding hydrogens is 566 g/mol. The quantitative estimate of drug-likeness (QED) is 0.160. The second kappa shape index (κ2) is 12.5. The number of amides is 1. The molecule has 1 fully saturated rings. The minimum absolute atomic E-state index is 0.0256. The summed E-state index contributed by atoms with van der Waals surface area (Å²) >= 11 is 12.9. The van der Waals surface area contributed by atoms with Gasteiger partial charge in [-0.15, -0.1) is 0 Å². The van der Waals surface area contributed by atoms with E-state index < -0.39 is 5.97 Å². The Labute approximate surface area is 246 Å². The van der Waals surface area contributed by atoms with Crippen LogP contribution in [-0.4, -0.2) is 42.5 Å². The van der Waals surface area contributed by atoms with Gasteiger partial charge >= 0.3 is 5.97 Å². The number of benzene rings is 3. The first-order chi connectivity index (χ1) is 19.4. The average molecular weight is 590 g/mol. The number of nitrogens with zero attached hydrogens (tertiary/aromatic N) is 3. The van der Waals surface area contributed by atoms with Gasteiger partial charge in [-0.1, -0.05) is 72.0 Å². The van der Waals surface area contributed by atoms with Crippen LogP contribution < -0.4 is 4.74 Å². The van der Waals surface area contributed by atoms with Crippen LogP contribution in [0, 0.1) is 0 Å². The average Bonchev–Trinajstić information content (AvgIpc) is 3.49. The van der Waals surface area contributed by atoms with E-state index in [1.54, 1.807) is 10.8 Å². The predicted octanol–water partition coefficient (Wildman–Crippen LogP) is 6.84. The second-order valence-corrected chi connectivity index (χ2v) is 11.0. The smallest absolute Gasteiger partial charge is 0.303 e. The van der Waals surface area contributed by atoms with Gasteiger partial charge in [-0.25, -0.2) is 4.68 Å². The fourth-order valence-corrected chi connectivity index (χ4v) is 5.63. The number of carbonyl (C=O) groups is 2. The molecule has 1 saturated heterocycles. The van der Waals surface area contributed by atoms with Crippen LogP contribution in [0.3, 0.4) is 0 Å². The minimum atomic E-state index is -0.903. The van der Waals surface area contributed by atoms with Gasteiger partial charge in [0.25, 0.3) is 5.91 Å². The summed E-state index contributed by atoms with van der Waals surface area (Å²) in [6, 6.07) is 24.9. The van der Waals surface area contributed by atoms with E-state index in [1.165, 1.54) is 16.7 Å². The van der Waals surface area contributed by atoms with Gasteiger partial charge in [0.2, 0.25) is 0 Å². The zero-order valence-corrected chi connectivity index (χ0v) is 23.6. The Morgan fingerprint density at radius 1 is 1.05 bits per heavy atom. The molecule has 202 valence electrons. The van der Waals surface area contributed by atoms with E-state index in [-0.39, 0.29) is 18.9 Å². The van der Waals surface area contributed by atoms with Crippen molar-refractivity contribution in [1.29, 1.82) is 0 Å². The molecule has 5 rings (SSSR count). The molecule has 10 heteroatoms. The topological polar surface area (TPSA) is 84.7 Å². The van der Waals surface area contributed by atoms with Crippen molar-refractivity contribution in [2.75, 3.05) is 6.54 Å². The molecule has 1 amide bonds. The largest absolute Gasteiger partial charge is 0.489 e. The molecule has 7 nitrogen and oxygen atoms in total. The lowest BCUT2D eigenvalue weighted by atomic mass is 10.1. The third kappa shape index (κ3) is 6.44. The van der Waals surface area contributed by atoms with E-state index in [2.05, 4.69) is 0 Å². The summed E-state index contributed by atoms with van der Waals surface area (Å²) in [6.07, 6.45) is 3.98. The molecule has 0 atom stereocenters. The first kappa shape index (κ1) is 27.6. The highest BCUT2D eigenvalue weighted by atomic mass is 35.5. The van der Waals surface area contributed by atoms with Crippen molar-refractivity contribution in [3.63, 3.8) is 0 Å². The Morgan fingerprint density at radius 2 is 1.77 bits per heavy atom. The molecule has 1 aliphatic rings. The molecule has 1 N–H and O–H groups in total. The standard InChI is InChI=1S/C30H24ClN3O4S2/c31-25-10-5-4-7-21(25)19-38-24-14-12-20(13-15-24)28-22(18-34(32-28)23-8-2-1-3-9-23)17-26-29(37)33(30(39)40-26)16-6-11-27(35)36/h1-5,7-10,12-15,17-18H,6,11,16,19H2,(H,35,36)/b26-17-. The normalized spacial score (nSPS) is 14.2. The number of carboxylic acids is 1. The molecule has 0 unspecified atom stereocenters. The van der Waals surface area contributed by atoms with E-state index in [1.807, 2.05) is 85.1 Å². The highest BCUT2D eigenvalue weighted by Crippen LogP contribution is 2.35. The number of thioether (sulfide) groups is 1. The maximum absolute atomic E-state index is 13.1. The summed E-state index contributed by atoms with van der Waals surface area (Å²) in [5, 5.41) is 14.4. The van der Waals surface area contributed by atoms with Gasteiger partial charge in [0.1, 0.15) is 16.7 Å². The zero-order valence-electron chi connectivity index (χ0n) is 21.2. The van der Waals surface area contributed by atoms with Crippen molar-refractivity contribution in [3.8, 4) is 22.7 Å². The van der Waals surface area contributed by atoms with Gasteiger partial charge in [0.15, 0.2) is 0 Å². The number of para-hydroxylation sites is 1. The summed E-state index contributed by atoms with van der Waals surface area (Å²) in [5.74, 6) is -0.448. The lowest BCUT2D eigenvalue weighted by Gasteiger charge is -2.13. The maximum Gasteiger partial charge on any atom is 0.303 e. The number of hydrogen-bond donors (Lipinski definition) is 1. The van der Waals surface area contributed by atoms with Crippen molar-refractivity contribution in [3.05, 3.63) is 106 Å². The van der Waals surface area contributed by atoms with Crippen LogP contribution in [0.1, 0.15) is 24.0 Å². The van der Waals surface area contributed by atoms with Crippen LogP contribution >= 0.6 is 35.6 Å². The van der Waals surface area contributed by atoms with E-state index in [4.69, 9.17) is 38.8 Å². The lowest BCUT2D eigenvalue weighted by molar-refractivity contribution is -0.137. The molecule has 3 aromatic carbocycles. The van der Waals surface area contributed by atoms with Gasteiger partial charge in [-0.05, 0) is 55.0 Å². The number of rotatable bonds is 10. The summed E-state index contributed by atoms with van der Waals surface area (Å²) in [6.45, 7) is 0.612. The van der Waals surface area contributed by atoms with Gasteiger partial charge in [-0.3, -0.25) is 14.5 Å². The van der Waals surface area contributed by atoms with Gasteiger partial charge in [0, 0.05) is 40.9 Å². The Kier molecular flexibility index (Phi) is 8.64. The van der Waals surface area contributed by atoms with E-state index in [0.717, 1.165) is 22.4 Å². The molecule has 0 radical (unpaired) electrons. The minimum Gasteiger partial charge on any atom is -0.489 e. The van der Waals surface area contributed by atoms with E-state index >= 15 is 0 Å².